The standard InChI is InChI=1S/C14H18N2O2S/c1-11(14-9-19-10-15-14)16-12-3-5-13(6-4-12)18-8-7-17-2/h3-6,9-11,16H,7-8H2,1-2H3. The van der Waals surface area contributed by atoms with E-state index >= 15 is 0 Å². The maximum absolute atomic E-state index is 5.52. The number of benzene rings is 1. The molecular weight excluding hydrogens is 260 g/mol. The summed E-state index contributed by atoms with van der Waals surface area (Å²) in [4.78, 5) is 4.30. The van der Waals surface area contributed by atoms with Crippen molar-refractivity contribution < 1.29 is 9.47 Å². The van der Waals surface area contributed by atoms with Crippen molar-refractivity contribution in [3.63, 3.8) is 0 Å². The lowest BCUT2D eigenvalue weighted by Crippen LogP contribution is -2.07. The molecule has 19 heavy (non-hydrogen) atoms. The molecule has 0 aliphatic rings. The number of hydrogen-bond donors (Lipinski definition) is 1. The van der Waals surface area contributed by atoms with Crippen molar-refractivity contribution in [1.82, 2.24) is 4.98 Å². The van der Waals surface area contributed by atoms with Crippen molar-refractivity contribution in [2.45, 2.75) is 13.0 Å². The summed E-state index contributed by atoms with van der Waals surface area (Å²) in [7, 11) is 1.66. The lowest BCUT2D eigenvalue weighted by Gasteiger charge is -2.13. The highest BCUT2D eigenvalue weighted by atomic mass is 32.1. The Balaban J connectivity index is 1.88. The van der Waals surface area contributed by atoms with E-state index in [0.29, 0.717) is 13.2 Å². The third-order valence-corrected chi connectivity index (χ3v) is 3.29. The molecule has 0 radical (unpaired) electrons. The fourth-order valence-corrected chi connectivity index (χ4v) is 2.30. The van der Waals surface area contributed by atoms with Crippen LogP contribution in [0.4, 0.5) is 5.69 Å². The van der Waals surface area contributed by atoms with Crippen LogP contribution < -0.4 is 10.1 Å². The molecule has 5 heteroatoms. The average molecular weight is 278 g/mol. The highest BCUT2D eigenvalue weighted by Gasteiger charge is 2.06. The molecule has 2 rings (SSSR count). The molecule has 0 bridgehead atoms. The van der Waals surface area contributed by atoms with Crippen molar-refractivity contribution in [2.75, 3.05) is 25.6 Å². The molecule has 1 N–H and O–H groups in total. The predicted molar refractivity (Wildman–Crippen MR) is 78.0 cm³/mol. The van der Waals surface area contributed by atoms with Crippen molar-refractivity contribution >= 4 is 17.0 Å². The zero-order chi connectivity index (χ0) is 13.5. The van der Waals surface area contributed by atoms with Crippen molar-refractivity contribution in [3.05, 3.63) is 40.8 Å². The molecule has 0 aliphatic heterocycles. The van der Waals surface area contributed by atoms with Gasteiger partial charge in [-0.15, -0.1) is 11.3 Å². The van der Waals surface area contributed by atoms with Gasteiger partial charge in [0.15, 0.2) is 0 Å². The third kappa shape index (κ3) is 4.22. The van der Waals surface area contributed by atoms with E-state index in [2.05, 4.69) is 22.6 Å². The molecule has 0 spiro atoms. The van der Waals surface area contributed by atoms with Gasteiger partial charge in [-0.3, -0.25) is 0 Å². The number of aromatic nitrogens is 1. The maximum atomic E-state index is 5.52. The normalized spacial score (nSPS) is 12.1. The number of hydrogen-bond acceptors (Lipinski definition) is 5. The van der Waals surface area contributed by atoms with Crippen LogP contribution in [0.3, 0.4) is 0 Å². The number of thiazole rings is 1. The van der Waals surface area contributed by atoms with E-state index in [4.69, 9.17) is 9.47 Å². The van der Waals surface area contributed by atoms with Crippen LogP contribution in [0.25, 0.3) is 0 Å². The highest BCUT2D eigenvalue weighted by Crippen LogP contribution is 2.21. The summed E-state index contributed by atoms with van der Waals surface area (Å²) >= 11 is 1.61. The SMILES string of the molecule is COCCOc1ccc(NC(C)c2cscn2)cc1. The largest absolute Gasteiger partial charge is 0.491 e. The summed E-state index contributed by atoms with van der Waals surface area (Å²) in [5.41, 5.74) is 3.96. The number of nitrogens with one attached hydrogen (secondary N) is 1. The van der Waals surface area contributed by atoms with Gasteiger partial charge in [-0.25, -0.2) is 4.98 Å². The van der Waals surface area contributed by atoms with Crippen LogP contribution in [-0.2, 0) is 4.74 Å². The fourth-order valence-electron chi connectivity index (χ4n) is 1.65. The van der Waals surface area contributed by atoms with E-state index in [1.807, 2.05) is 29.8 Å². The lowest BCUT2D eigenvalue weighted by molar-refractivity contribution is 0.146. The van der Waals surface area contributed by atoms with Crippen molar-refractivity contribution in [1.29, 1.82) is 0 Å². The third-order valence-electron chi connectivity index (χ3n) is 2.69. The summed E-state index contributed by atoms with van der Waals surface area (Å²) in [5.74, 6) is 0.851. The minimum absolute atomic E-state index is 0.200. The summed E-state index contributed by atoms with van der Waals surface area (Å²) < 4.78 is 10.5. The lowest BCUT2D eigenvalue weighted by atomic mass is 10.2. The second-order valence-electron chi connectivity index (χ2n) is 4.14. The van der Waals surface area contributed by atoms with Crippen LogP contribution >= 0.6 is 11.3 Å². The minimum atomic E-state index is 0.200. The Morgan fingerprint density at radius 3 is 2.68 bits per heavy atom. The first-order valence-electron chi connectivity index (χ1n) is 6.16. The van der Waals surface area contributed by atoms with Crippen LogP contribution in [0.1, 0.15) is 18.7 Å². The Bertz CT molecular complexity index is 471. The average Bonchev–Trinajstić information content (AvgIpc) is 2.95. The Morgan fingerprint density at radius 1 is 1.26 bits per heavy atom. The molecule has 0 saturated heterocycles. The smallest absolute Gasteiger partial charge is 0.119 e. The van der Waals surface area contributed by atoms with Gasteiger partial charge in [-0.05, 0) is 31.2 Å². The van der Waals surface area contributed by atoms with Gasteiger partial charge in [0.2, 0.25) is 0 Å². The predicted octanol–water partition coefficient (Wildman–Crippen LogP) is 3.34. The van der Waals surface area contributed by atoms with E-state index in [1.54, 1.807) is 18.4 Å². The molecule has 1 unspecified atom stereocenters. The minimum Gasteiger partial charge on any atom is -0.491 e. The van der Waals surface area contributed by atoms with E-state index in [1.165, 1.54) is 0 Å². The molecule has 0 fully saturated rings. The summed E-state index contributed by atoms with van der Waals surface area (Å²) in [6.45, 7) is 3.26. The molecule has 2 aromatic rings. The van der Waals surface area contributed by atoms with Gasteiger partial charge in [-0.2, -0.15) is 0 Å². The zero-order valence-corrected chi connectivity index (χ0v) is 11.9. The van der Waals surface area contributed by atoms with Crippen molar-refractivity contribution in [2.24, 2.45) is 0 Å². The van der Waals surface area contributed by atoms with Gasteiger partial charge in [0.25, 0.3) is 0 Å². The molecule has 0 aliphatic carbocycles. The first-order chi connectivity index (χ1) is 9.29. The second kappa shape index (κ2) is 7.11. The Kier molecular flexibility index (Phi) is 5.18. The molecule has 4 nitrogen and oxygen atoms in total. The maximum Gasteiger partial charge on any atom is 0.119 e. The first-order valence-corrected chi connectivity index (χ1v) is 7.10. The number of ether oxygens (including phenoxy) is 2. The molecule has 1 atom stereocenters. The fraction of sp³-hybridized carbons (Fsp3) is 0.357. The molecule has 1 heterocycles. The monoisotopic (exact) mass is 278 g/mol. The second-order valence-corrected chi connectivity index (χ2v) is 4.86. The van der Waals surface area contributed by atoms with Gasteiger partial charge < -0.3 is 14.8 Å². The first kappa shape index (κ1) is 13.8. The van der Waals surface area contributed by atoms with E-state index in [-0.39, 0.29) is 6.04 Å². The molecule has 102 valence electrons. The summed E-state index contributed by atoms with van der Waals surface area (Å²) in [5, 5.41) is 5.46. The van der Waals surface area contributed by atoms with Gasteiger partial charge >= 0.3 is 0 Å². The molecule has 1 aromatic carbocycles. The van der Waals surface area contributed by atoms with Gasteiger partial charge in [0, 0.05) is 18.2 Å². The van der Waals surface area contributed by atoms with Crippen LogP contribution in [0.15, 0.2) is 35.2 Å². The number of anilines is 1. The van der Waals surface area contributed by atoms with E-state index in [9.17, 15) is 0 Å². The number of methoxy groups -OCH3 is 1. The summed E-state index contributed by atoms with van der Waals surface area (Å²) in [6.07, 6.45) is 0. The summed E-state index contributed by atoms with van der Waals surface area (Å²) in [6, 6.07) is 8.11. The topological polar surface area (TPSA) is 43.4 Å². The van der Waals surface area contributed by atoms with Crippen LogP contribution in [0.5, 0.6) is 5.75 Å². The Labute approximate surface area is 117 Å². The molecular formula is C14H18N2O2S. The molecule has 0 saturated carbocycles. The number of nitrogens with zero attached hydrogens (tertiary/aromatic N) is 1. The highest BCUT2D eigenvalue weighted by molar-refractivity contribution is 7.07. The quantitative estimate of drug-likeness (QED) is 0.789. The molecule has 0 amide bonds. The Hall–Kier alpha value is -1.59. The zero-order valence-electron chi connectivity index (χ0n) is 11.1. The molecule has 1 aromatic heterocycles. The van der Waals surface area contributed by atoms with E-state index < -0.39 is 0 Å². The van der Waals surface area contributed by atoms with Crippen LogP contribution in [0, 0.1) is 0 Å². The van der Waals surface area contributed by atoms with Gasteiger partial charge in [-0.1, -0.05) is 0 Å². The van der Waals surface area contributed by atoms with E-state index in [0.717, 1.165) is 17.1 Å². The Morgan fingerprint density at radius 2 is 2.05 bits per heavy atom. The van der Waals surface area contributed by atoms with Crippen molar-refractivity contribution in [3.8, 4) is 5.75 Å². The van der Waals surface area contributed by atoms with Crippen LogP contribution in [0.2, 0.25) is 0 Å². The van der Waals surface area contributed by atoms with Gasteiger partial charge in [0.05, 0.1) is 23.9 Å². The van der Waals surface area contributed by atoms with Gasteiger partial charge in [0.1, 0.15) is 12.4 Å². The number of rotatable bonds is 7. The van der Waals surface area contributed by atoms with Crippen LogP contribution in [-0.4, -0.2) is 25.3 Å².